The molecule has 1 rings (SSSR count). The lowest BCUT2D eigenvalue weighted by molar-refractivity contribution is -0.137. The summed E-state index contributed by atoms with van der Waals surface area (Å²) in [5.41, 5.74) is -1.04. The van der Waals surface area contributed by atoms with Gasteiger partial charge in [-0.05, 0) is 39.8 Å². The predicted molar refractivity (Wildman–Crippen MR) is 67.5 cm³/mol. The molecule has 4 nitrogen and oxygen atoms in total. The van der Waals surface area contributed by atoms with Crippen LogP contribution in [0.5, 0.6) is 0 Å². The zero-order chi connectivity index (χ0) is 12.9. The molecule has 0 aromatic carbocycles. The van der Waals surface area contributed by atoms with Crippen molar-refractivity contribution in [1.29, 1.82) is 0 Å². The summed E-state index contributed by atoms with van der Waals surface area (Å²) in [6, 6.07) is 0. The second-order valence-corrected chi connectivity index (χ2v) is 5.19. The number of hydrogen-bond acceptors (Lipinski definition) is 3. The zero-order valence-electron chi connectivity index (χ0n) is 10.9. The summed E-state index contributed by atoms with van der Waals surface area (Å²) in [6.45, 7) is 5.78. The van der Waals surface area contributed by atoms with Gasteiger partial charge in [-0.25, -0.2) is 0 Å². The largest absolute Gasteiger partial charge is 0.384 e. The van der Waals surface area contributed by atoms with E-state index in [9.17, 15) is 4.79 Å². The van der Waals surface area contributed by atoms with E-state index in [0.717, 1.165) is 25.9 Å². The number of rotatable bonds is 4. The molecule has 1 aliphatic rings. The quantitative estimate of drug-likeness (QED) is 0.703. The van der Waals surface area contributed by atoms with Crippen LogP contribution < -0.4 is 10.6 Å². The van der Waals surface area contributed by atoms with Crippen LogP contribution in [0, 0.1) is 17.8 Å². The molecule has 1 aliphatic heterocycles. The Kier molecular flexibility index (Phi) is 4.55. The predicted octanol–water partition coefficient (Wildman–Crippen LogP) is 0.531. The Labute approximate surface area is 103 Å². The fraction of sp³-hybridized carbons (Fsp3) is 0.769. The minimum absolute atomic E-state index is 0.00352. The summed E-state index contributed by atoms with van der Waals surface area (Å²) < 4.78 is 5.21. The first-order valence-electron chi connectivity index (χ1n) is 5.96. The molecular formula is C13H22N2O2. The van der Waals surface area contributed by atoms with Crippen LogP contribution in [0.25, 0.3) is 0 Å². The molecule has 1 saturated heterocycles. The van der Waals surface area contributed by atoms with E-state index < -0.39 is 11.0 Å². The van der Waals surface area contributed by atoms with Gasteiger partial charge in [0.15, 0.2) is 0 Å². The van der Waals surface area contributed by atoms with E-state index in [1.54, 1.807) is 7.11 Å². The van der Waals surface area contributed by atoms with Crippen molar-refractivity contribution in [3.05, 3.63) is 0 Å². The second kappa shape index (κ2) is 5.52. The number of ether oxygens (including phenoxy) is 1. The summed E-state index contributed by atoms with van der Waals surface area (Å²) in [6.07, 6.45) is 6.96. The van der Waals surface area contributed by atoms with Crippen LogP contribution in [0.1, 0.15) is 26.7 Å². The lowest BCUT2D eigenvalue weighted by Gasteiger charge is -2.37. The van der Waals surface area contributed by atoms with Gasteiger partial charge in [-0.2, -0.15) is 0 Å². The van der Waals surface area contributed by atoms with Crippen molar-refractivity contribution in [1.82, 2.24) is 10.6 Å². The number of carbonyl (C=O) groups excluding carboxylic acids is 1. The van der Waals surface area contributed by atoms with Crippen molar-refractivity contribution in [3.63, 3.8) is 0 Å². The average molecular weight is 238 g/mol. The third-order valence-electron chi connectivity index (χ3n) is 3.25. The van der Waals surface area contributed by atoms with Gasteiger partial charge in [0, 0.05) is 7.11 Å². The normalized spacial score (nSPS) is 19.4. The van der Waals surface area contributed by atoms with Gasteiger partial charge in [-0.1, -0.05) is 5.92 Å². The molecule has 4 heteroatoms. The fourth-order valence-electron chi connectivity index (χ4n) is 2.07. The van der Waals surface area contributed by atoms with E-state index in [0.29, 0.717) is 6.61 Å². The number of methoxy groups -OCH3 is 1. The van der Waals surface area contributed by atoms with Gasteiger partial charge in [0.1, 0.15) is 0 Å². The van der Waals surface area contributed by atoms with Crippen molar-refractivity contribution in [2.45, 2.75) is 32.2 Å². The molecule has 0 spiro atoms. The van der Waals surface area contributed by atoms with Crippen molar-refractivity contribution in [3.8, 4) is 12.3 Å². The molecule has 0 aromatic rings. The minimum Gasteiger partial charge on any atom is -0.384 e. The number of terminal acetylenes is 1. The molecule has 17 heavy (non-hydrogen) atoms. The highest BCUT2D eigenvalue weighted by Gasteiger charge is 2.41. The van der Waals surface area contributed by atoms with Crippen LogP contribution in [0.2, 0.25) is 0 Å². The second-order valence-electron chi connectivity index (χ2n) is 5.19. The lowest BCUT2D eigenvalue weighted by atomic mass is 9.78. The molecular weight excluding hydrogens is 216 g/mol. The summed E-state index contributed by atoms with van der Waals surface area (Å²) >= 11 is 0. The molecule has 0 bridgehead atoms. The summed E-state index contributed by atoms with van der Waals surface area (Å²) in [5.74, 6) is 2.59. The maximum Gasteiger partial charge on any atom is 0.229 e. The van der Waals surface area contributed by atoms with Gasteiger partial charge in [0.05, 0.1) is 17.6 Å². The Morgan fingerprint density at radius 3 is 2.59 bits per heavy atom. The molecule has 1 heterocycles. The Morgan fingerprint density at radius 1 is 1.53 bits per heavy atom. The maximum absolute atomic E-state index is 12.4. The zero-order valence-corrected chi connectivity index (χ0v) is 10.9. The van der Waals surface area contributed by atoms with Crippen molar-refractivity contribution in [2.75, 3.05) is 26.8 Å². The van der Waals surface area contributed by atoms with E-state index >= 15 is 0 Å². The number of nitrogens with one attached hydrogen (secondary N) is 2. The van der Waals surface area contributed by atoms with Crippen molar-refractivity contribution in [2.24, 2.45) is 5.41 Å². The van der Waals surface area contributed by atoms with E-state index in [4.69, 9.17) is 11.2 Å². The number of piperidine rings is 1. The van der Waals surface area contributed by atoms with Crippen LogP contribution in [0.3, 0.4) is 0 Å². The van der Waals surface area contributed by atoms with Gasteiger partial charge < -0.3 is 15.4 Å². The van der Waals surface area contributed by atoms with E-state index in [2.05, 4.69) is 16.6 Å². The van der Waals surface area contributed by atoms with Crippen LogP contribution in [-0.2, 0) is 9.53 Å². The van der Waals surface area contributed by atoms with Gasteiger partial charge in [0.25, 0.3) is 0 Å². The average Bonchev–Trinajstić information content (AvgIpc) is 2.30. The minimum atomic E-state index is -0.608. The Balaban J connectivity index is 2.77. The highest BCUT2D eigenvalue weighted by Crippen LogP contribution is 2.30. The number of amides is 1. The molecule has 96 valence electrons. The molecule has 0 aliphatic carbocycles. The number of hydrogen-bond donors (Lipinski definition) is 2. The monoisotopic (exact) mass is 238 g/mol. The highest BCUT2D eigenvalue weighted by atomic mass is 16.5. The summed E-state index contributed by atoms with van der Waals surface area (Å²) in [4.78, 5) is 12.4. The summed E-state index contributed by atoms with van der Waals surface area (Å²) in [7, 11) is 1.63. The molecule has 0 saturated carbocycles. The molecule has 2 N–H and O–H groups in total. The van der Waals surface area contributed by atoms with Gasteiger partial charge in [-0.15, -0.1) is 6.42 Å². The van der Waals surface area contributed by atoms with E-state index in [1.807, 2.05) is 13.8 Å². The maximum atomic E-state index is 12.4. The smallest absolute Gasteiger partial charge is 0.229 e. The Hall–Kier alpha value is -1.05. The molecule has 1 fully saturated rings. The Bertz CT molecular complexity index is 306. The first kappa shape index (κ1) is 14.0. The molecule has 0 radical (unpaired) electrons. The van der Waals surface area contributed by atoms with Crippen molar-refractivity contribution < 1.29 is 9.53 Å². The van der Waals surface area contributed by atoms with E-state index in [1.165, 1.54) is 0 Å². The molecule has 0 aromatic heterocycles. The molecule has 1 amide bonds. The highest BCUT2D eigenvalue weighted by molar-refractivity contribution is 5.84. The van der Waals surface area contributed by atoms with Gasteiger partial charge in [0.2, 0.25) is 5.91 Å². The van der Waals surface area contributed by atoms with Crippen LogP contribution in [0.15, 0.2) is 0 Å². The first-order valence-corrected chi connectivity index (χ1v) is 5.96. The SMILES string of the molecule is C#CC(C)(C)NC(=O)C1(COC)CCNCC1. The van der Waals surface area contributed by atoms with Gasteiger partial charge in [-0.3, -0.25) is 4.79 Å². The Morgan fingerprint density at radius 2 is 2.12 bits per heavy atom. The molecule has 0 unspecified atom stereocenters. The lowest BCUT2D eigenvalue weighted by Crippen LogP contribution is -2.55. The van der Waals surface area contributed by atoms with E-state index in [-0.39, 0.29) is 5.91 Å². The fourth-order valence-corrected chi connectivity index (χ4v) is 2.07. The molecule has 0 atom stereocenters. The third kappa shape index (κ3) is 3.45. The van der Waals surface area contributed by atoms with Gasteiger partial charge >= 0.3 is 0 Å². The standard InChI is InChI=1S/C13H22N2O2/c1-5-12(2,3)15-11(16)13(10-17-4)6-8-14-9-7-13/h1,14H,6-10H2,2-4H3,(H,15,16). The summed E-state index contributed by atoms with van der Waals surface area (Å²) in [5, 5.41) is 6.17. The third-order valence-corrected chi connectivity index (χ3v) is 3.25. The van der Waals surface area contributed by atoms with Crippen LogP contribution in [-0.4, -0.2) is 38.3 Å². The first-order chi connectivity index (χ1) is 7.96. The topological polar surface area (TPSA) is 50.4 Å². The van der Waals surface area contributed by atoms with Crippen LogP contribution >= 0.6 is 0 Å². The number of carbonyl (C=O) groups is 1. The van der Waals surface area contributed by atoms with Crippen molar-refractivity contribution >= 4 is 5.91 Å². The van der Waals surface area contributed by atoms with Crippen LogP contribution in [0.4, 0.5) is 0 Å².